The van der Waals surface area contributed by atoms with Crippen LogP contribution in [0.3, 0.4) is 0 Å². The predicted octanol–water partition coefficient (Wildman–Crippen LogP) is 3.05. The van der Waals surface area contributed by atoms with Gasteiger partial charge in [-0.1, -0.05) is 12.1 Å². The van der Waals surface area contributed by atoms with Crippen LogP contribution in [0.4, 0.5) is 5.69 Å². The second-order valence-electron chi connectivity index (χ2n) is 6.81. The molecule has 1 aromatic carbocycles. The fraction of sp³-hybridized carbons (Fsp3) is 0.667. The summed E-state index contributed by atoms with van der Waals surface area (Å²) in [6, 6.07) is 9.28. The molecule has 1 N–H and O–H groups in total. The molecule has 2 fully saturated rings. The van der Waals surface area contributed by atoms with Crippen LogP contribution in [0.2, 0.25) is 0 Å². The Hall–Kier alpha value is -1.22. The molecule has 0 spiro atoms. The molecule has 1 aromatic rings. The van der Waals surface area contributed by atoms with E-state index >= 15 is 0 Å². The van der Waals surface area contributed by atoms with E-state index < -0.39 is 0 Å². The van der Waals surface area contributed by atoms with Gasteiger partial charge in [0.05, 0.1) is 12.3 Å². The molecule has 0 aromatic heterocycles. The molecule has 1 heterocycles. The van der Waals surface area contributed by atoms with Gasteiger partial charge in [-0.05, 0) is 56.1 Å². The van der Waals surface area contributed by atoms with Crippen LogP contribution in [0.25, 0.3) is 0 Å². The Morgan fingerprint density at radius 2 is 1.90 bits per heavy atom. The van der Waals surface area contributed by atoms with E-state index in [1.54, 1.807) is 0 Å². The summed E-state index contributed by atoms with van der Waals surface area (Å²) in [6.45, 7) is 4.15. The second kappa shape index (κ2) is 5.88. The standard InChI is InChI=1S/C18H26N2O/c1-2-5-17-16(4-1)20(11-3-13-21-17)12-10-19-18(14-6-7-14)15-8-9-15/h1-2,4-5,14-15,18-19H,3,6-13H2. The first-order valence-electron chi connectivity index (χ1n) is 8.62. The van der Waals surface area contributed by atoms with E-state index in [1.807, 2.05) is 0 Å². The van der Waals surface area contributed by atoms with Crippen LogP contribution >= 0.6 is 0 Å². The third-order valence-corrected chi connectivity index (χ3v) is 5.06. The summed E-state index contributed by atoms with van der Waals surface area (Å²) in [7, 11) is 0. The molecule has 2 aliphatic carbocycles. The fourth-order valence-electron chi connectivity index (χ4n) is 3.63. The van der Waals surface area contributed by atoms with Crippen LogP contribution in [0, 0.1) is 11.8 Å². The van der Waals surface area contributed by atoms with Crippen molar-refractivity contribution in [1.29, 1.82) is 0 Å². The molecule has 3 nitrogen and oxygen atoms in total. The highest BCUT2D eigenvalue weighted by Crippen LogP contribution is 2.44. The lowest BCUT2D eigenvalue weighted by molar-refractivity contribution is 0.322. The molecule has 21 heavy (non-hydrogen) atoms. The number of ether oxygens (including phenoxy) is 1. The molecular weight excluding hydrogens is 260 g/mol. The zero-order chi connectivity index (χ0) is 14.1. The summed E-state index contributed by atoms with van der Waals surface area (Å²) in [5, 5.41) is 3.86. The van der Waals surface area contributed by atoms with Gasteiger partial charge >= 0.3 is 0 Å². The Bertz CT molecular complexity index is 470. The summed E-state index contributed by atoms with van der Waals surface area (Å²) in [5.41, 5.74) is 1.27. The molecule has 3 aliphatic rings. The second-order valence-corrected chi connectivity index (χ2v) is 6.81. The number of benzene rings is 1. The summed E-state index contributed by atoms with van der Waals surface area (Å²) in [6.07, 6.45) is 6.93. The van der Waals surface area contributed by atoms with E-state index in [-0.39, 0.29) is 0 Å². The van der Waals surface area contributed by atoms with Crippen LogP contribution in [0.1, 0.15) is 32.1 Å². The minimum absolute atomic E-state index is 0.809. The molecule has 0 saturated heterocycles. The lowest BCUT2D eigenvalue weighted by Gasteiger charge is -2.26. The Morgan fingerprint density at radius 1 is 1.14 bits per heavy atom. The Labute approximate surface area is 127 Å². The van der Waals surface area contributed by atoms with Crippen molar-refractivity contribution >= 4 is 5.69 Å². The van der Waals surface area contributed by atoms with Crippen LogP contribution in [-0.2, 0) is 0 Å². The zero-order valence-corrected chi connectivity index (χ0v) is 12.8. The maximum absolute atomic E-state index is 5.84. The number of anilines is 1. The van der Waals surface area contributed by atoms with Crippen molar-refractivity contribution in [2.45, 2.75) is 38.1 Å². The van der Waals surface area contributed by atoms with Crippen molar-refractivity contribution < 1.29 is 4.74 Å². The van der Waals surface area contributed by atoms with Crippen LogP contribution in [-0.4, -0.2) is 32.3 Å². The maximum atomic E-state index is 5.84. The molecule has 4 rings (SSSR count). The summed E-state index contributed by atoms with van der Waals surface area (Å²) in [4.78, 5) is 2.49. The molecule has 3 heteroatoms. The number of hydrogen-bond donors (Lipinski definition) is 1. The number of fused-ring (bicyclic) bond motifs is 1. The number of rotatable bonds is 6. The van der Waals surface area contributed by atoms with Crippen LogP contribution in [0.5, 0.6) is 5.75 Å². The van der Waals surface area contributed by atoms with Gasteiger partial charge in [-0.15, -0.1) is 0 Å². The Balaban J connectivity index is 1.35. The van der Waals surface area contributed by atoms with E-state index in [4.69, 9.17) is 4.74 Å². The van der Waals surface area contributed by atoms with Gasteiger partial charge in [-0.25, -0.2) is 0 Å². The summed E-state index contributed by atoms with van der Waals surface area (Å²) >= 11 is 0. The van der Waals surface area contributed by atoms with Gasteiger partial charge < -0.3 is 15.0 Å². The molecule has 0 atom stereocenters. The fourth-order valence-corrected chi connectivity index (χ4v) is 3.63. The van der Waals surface area contributed by atoms with Gasteiger partial charge in [-0.3, -0.25) is 0 Å². The average molecular weight is 286 g/mol. The van der Waals surface area contributed by atoms with Gasteiger partial charge in [-0.2, -0.15) is 0 Å². The quantitative estimate of drug-likeness (QED) is 0.870. The number of para-hydroxylation sites is 2. The SMILES string of the molecule is c1ccc2c(c1)OCCCN2CCNC(C1CC1)C1CC1. The first-order chi connectivity index (χ1) is 10.4. The van der Waals surface area contributed by atoms with E-state index in [0.29, 0.717) is 0 Å². The number of nitrogens with one attached hydrogen (secondary N) is 1. The van der Waals surface area contributed by atoms with E-state index in [9.17, 15) is 0 Å². The lowest BCUT2D eigenvalue weighted by Crippen LogP contribution is -2.39. The first-order valence-corrected chi connectivity index (χ1v) is 8.62. The highest BCUT2D eigenvalue weighted by Gasteiger charge is 2.40. The van der Waals surface area contributed by atoms with Crippen LogP contribution in [0.15, 0.2) is 24.3 Å². The van der Waals surface area contributed by atoms with E-state index in [1.165, 1.54) is 31.4 Å². The van der Waals surface area contributed by atoms with Gasteiger partial charge in [0.25, 0.3) is 0 Å². The van der Waals surface area contributed by atoms with Crippen molar-refractivity contribution in [2.75, 3.05) is 31.1 Å². The van der Waals surface area contributed by atoms with Crippen molar-refractivity contribution in [3.05, 3.63) is 24.3 Å². The molecule has 2 saturated carbocycles. The maximum Gasteiger partial charge on any atom is 0.142 e. The number of nitrogens with zero attached hydrogens (tertiary/aromatic N) is 1. The van der Waals surface area contributed by atoms with Crippen molar-refractivity contribution in [3.63, 3.8) is 0 Å². The minimum Gasteiger partial charge on any atom is -0.491 e. The smallest absolute Gasteiger partial charge is 0.142 e. The monoisotopic (exact) mass is 286 g/mol. The van der Waals surface area contributed by atoms with Crippen molar-refractivity contribution in [3.8, 4) is 5.75 Å². The average Bonchev–Trinajstić information content (AvgIpc) is 3.39. The van der Waals surface area contributed by atoms with Crippen molar-refractivity contribution in [2.24, 2.45) is 11.8 Å². The Kier molecular flexibility index (Phi) is 3.76. The van der Waals surface area contributed by atoms with Gasteiger partial charge in [0, 0.05) is 25.7 Å². The van der Waals surface area contributed by atoms with Crippen molar-refractivity contribution in [1.82, 2.24) is 5.32 Å². The third-order valence-electron chi connectivity index (χ3n) is 5.06. The number of hydrogen-bond acceptors (Lipinski definition) is 3. The molecule has 0 unspecified atom stereocenters. The lowest BCUT2D eigenvalue weighted by atomic mass is 10.1. The van der Waals surface area contributed by atoms with E-state index in [0.717, 1.165) is 56.3 Å². The largest absolute Gasteiger partial charge is 0.491 e. The summed E-state index contributed by atoms with van der Waals surface area (Å²) < 4.78 is 5.84. The topological polar surface area (TPSA) is 24.5 Å². The molecule has 0 bridgehead atoms. The molecule has 1 aliphatic heterocycles. The van der Waals surface area contributed by atoms with Gasteiger partial charge in [0.15, 0.2) is 0 Å². The third kappa shape index (κ3) is 3.18. The zero-order valence-electron chi connectivity index (χ0n) is 12.8. The molecular formula is C18H26N2O. The molecule has 0 amide bonds. The normalized spacial score (nSPS) is 21.9. The summed E-state index contributed by atoms with van der Waals surface area (Å²) in [5.74, 6) is 3.02. The predicted molar refractivity (Wildman–Crippen MR) is 86.0 cm³/mol. The Morgan fingerprint density at radius 3 is 2.67 bits per heavy atom. The van der Waals surface area contributed by atoms with Crippen LogP contribution < -0.4 is 15.0 Å². The highest BCUT2D eigenvalue weighted by atomic mass is 16.5. The van der Waals surface area contributed by atoms with Gasteiger partial charge in [0.1, 0.15) is 5.75 Å². The van der Waals surface area contributed by atoms with E-state index in [2.05, 4.69) is 34.5 Å². The molecule has 0 radical (unpaired) electrons. The minimum atomic E-state index is 0.809. The first kappa shape index (κ1) is 13.4. The van der Waals surface area contributed by atoms with Gasteiger partial charge in [0.2, 0.25) is 0 Å². The molecule has 114 valence electrons. The highest BCUT2D eigenvalue weighted by molar-refractivity contribution is 5.58.